The first-order valence-corrected chi connectivity index (χ1v) is 12.2. The van der Waals surface area contributed by atoms with E-state index >= 15 is 0 Å². The molecule has 0 amide bonds. The maximum atomic E-state index is 11.7. The van der Waals surface area contributed by atoms with Crippen molar-refractivity contribution in [3.05, 3.63) is 59.2 Å². The fourth-order valence-electron chi connectivity index (χ4n) is 6.37. The van der Waals surface area contributed by atoms with Gasteiger partial charge in [0.2, 0.25) is 0 Å². The molecular formula is C28H39NO3. The van der Waals surface area contributed by atoms with Crippen LogP contribution in [0.2, 0.25) is 0 Å². The topological polar surface area (TPSA) is 41.9 Å². The van der Waals surface area contributed by atoms with Gasteiger partial charge in [0.15, 0.2) is 11.5 Å². The van der Waals surface area contributed by atoms with Gasteiger partial charge in [0.1, 0.15) is 6.61 Å². The van der Waals surface area contributed by atoms with Crippen LogP contribution in [0, 0.1) is 11.8 Å². The van der Waals surface area contributed by atoms with Crippen molar-refractivity contribution in [2.75, 3.05) is 20.7 Å². The van der Waals surface area contributed by atoms with E-state index in [1.54, 1.807) is 0 Å². The highest BCUT2D eigenvalue weighted by atomic mass is 16.5. The summed E-state index contributed by atoms with van der Waals surface area (Å²) in [6, 6.07) is 14.7. The van der Waals surface area contributed by atoms with Crippen molar-refractivity contribution < 1.29 is 14.6 Å². The SMILES string of the molecule is CCc1ccc(OCc2ccccc2)c(O)c1C12CCN(C)C(C)C1CC(C)C(OC)C2. The second kappa shape index (κ2) is 9.44. The molecule has 2 aliphatic rings. The van der Waals surface area contributed by atoms with Crippen molar-refractivity contribution in [2.45, 2.75) is 70.6 Å². The minimum atomic E-state index is -0.0966. The number of rotatable bonds is 6. The minimum Gasteiger partial charge on any atom is -0.504 e. The highest BCUT2D eigenvalue weighted by Crippen LogP contribution is 2.57. The quantitative estimate of drug-likeness (QED) is 0.643. The number of aromatic hydroxyl groups is 1. The average molecular weight is 438 g/mol. The Hall–Kier alpha value is -2.04. The maximum absolute atomic E-state index is 11.7. The molecule has 4 nitrogen and oxygen atoms in total. The molecule has 1 saturated heterocycles. The Morgan fingerprint density at radius 2 is 1.88 bits per heavy atom. The van der Waals surface area contributed by atoms with Gasteiger partial charge < -0.3 is 19.5 Å². The smallest absolute Gasteiger partial charge is 0.161 e. The Balaban J connectivity index is 1.77. The summed E-state index contributed by atoms with van der Waals surface area (Å²) >= 11 is 0. The van der Waals surface area contributed by atoms with E-state index in [4.69, 9.17) is 9.47 Å². The monoisotopic (exact) mass is 437 g/mol. The molecule has 2 fully saturated rings. The average Bonchev–Trinajstić information content (AvgIpc) is 2.81. The lowest BCUT2D eigenvalue weighted by Gasteiger charge is -2.57. The van der Waals surface area contributed by atoms with Gasteiger partial charge in [0.05, 0.1) is 6.10 Å². The third-order valence-corrected chi connectivity index (χ3v) is 8.37. The first-order valence-electron chi connectivity index (χ1n) is 12.2. The van der Waals surface area contributed by atoms with Gasteiger partial charge in [-0.2, -0.15) is 0 Å². The highest BCUT2D eigenvalue weighted by Gasteiger charge is 2.54. The van der Waals surface area contributed by atoms with E-state index in [2.05, 4.69) is 50.9 Å². The highest BCUT2D eigenvalue weighted by molar-refractivity contribution is 5.55. The molecule has 1 aliphatic carbocycles. The first kappa shape index (κ1) is 23.1. The molecule has 5 unspecified atom stereocenters. The number of methoxy groups -OCH3 is 1. The van der Waals surface area contributed by atoms with Gasteiger partial charge in [-0.05, 0) is 75.2 Å². The first-order chi connectivity index (χ1) is 15.4. The lowest BCUT2D eigenvalue weighted by molar-refractivity contribution is -0.0691. The fraction of sp³-hybridized carbons (Fsp3) is 0.571. The van der Waals surface area contributed by atoms with Crippen molar-refractivity contribution in [1.29, 1.82) is 0 Å². The Morgan fingerprint density at radius 1 is 1.12 bits per heavy atom. The van der Waals surface area contributed by atoms with Crippen LogP contribution in [0.15, 0.2) is 42.5 Å². The van der Waals surface area contributed by atoms with E-state index in [-0.39, 0.29) is 11.5 Å². The van der Waals surface area contributed by atoms with Crippen molar-refractivity contribution >= 4 is 0 Å². The minimum absolute atomic E-state index is 0.0966. The molecule has 174 valence electrons. The third kappa shape index (κ3) is 4.04. The zero-order valence-electron chi connectivity index (χ0n) is 20.3. The molecule has 5 atom stereocenters. The maximum Gasteiger partial charge on any atom is 0.161 e. The largest absolute Gasteiger partial charge is 0.504 e. The molecule has 0 bridgehead atoms. The molecule has 1 N–H and O–H groups in total. The Kier molecular flexibility index (Phi) is 6.83. The van der Waals surface area contributed by atoms with E-state index < -0.39 is 0 Å². The number of ether oxygens (including phenoxy) is 2. The molecule has 32 heavy (non-hydrogen) atoms. The fourth-order valence-corrected chi connectivity index (χ4v) is 6.37. The van der Waals surface area contributed by atoms with Crippen LogP contribution >= 0.6 is 0 Å². The summed E-state index contributed by atoms with van der Waals surface area (Å²) < 4.78 is 12.1. The number of benzene rings is 2. The van der Waals surface area contributed by atoms with Crippen LogP contribution in [0.1, 0.15) is 56.7 Å². The van der Waals surface area contributed by atoms with E-state index in [1.807, 2.05) is 31.4 Å². The Bertz CT molecular complexity index is 914. The van der Waals surface area contributed by atoms with Crippen LogP contribution in [0.25, 0.3) is 0 Å². The number of likely N-dealkylation sites (tertiary alicyclic amines) is 1. The van der Waals surface area contributed by atoms with Crippen LogP contribution < -0.4 is 4.74 Å². The van der Waals surface area contributed by atoms with Gasteiger partial charge >= 0.3 is 0 Å². The molecule has 2 aromatic rings. The third-order valence-electron chi connectivity index (χ3n) is 8.37. The van der Waals surface area contributed by atoms with E-state index in [0.29, 0.717) is 36.0 Å². The second-order valence-electron chi connectivity index (χ2n) is 10.00. The van der Waals surface area contributed by atoms with E-state index in [9.17, 15) is 5.11 Å². The number of hydrogen-bond donors (Lipinski definition) is 1. The molecule has 2 aromatic carbocycles. The molecule has 1 heterocycles. The van der Waals surface area contributed by atoms with Crippen LogP contribution in [-0.2, 0) is 23.2 Å². The molecular weight excluding hydrogens is 398 g/mol. The standard InChI is InChI=1S/C28H39NO3/c1-6-22-12-13-24(32-18-21-10-8-7-9-11-21)27(30)26(22)28-14-15-29(4)20(3)23(28)16-19(2)25(17-28)31-5/h7-13,19-20,23,25,30H,6,14-18H2,1-5H3. The number of hydrogen-bond acceptors (Lipinski definition) is 4. The molecule has 0 spiro atoms. The molecule has 4 heteroatoms. The van der Waals surface area contributed by atoms with Crippen molar-refractivity contribution in [1.82, 2.24) is 4.90 Å². The number of piperidine rings is 1. The van der Waals surface area contributed by atoms with Crippen molar-refractivity contribution in [3.63, 3.8) is 0 Å². The molecule has 0 aromatic heterocycles. The Morgan fingerprint density at radius 3 is 2.56 bits per heavy atom. The summed E-state index contributed by atoms with van der Waals surface area (Å²) in [4.78, 5) is 2.49. The summed E-state index contributed by atoms with van der Waals surface area (Å²) in [6.07, 6.45) is 4.21. The summed E-state index contributed by atoms with van der Waals surface area (Å²) in [6.45, 7) is 8.34. The van der Waals surface area contributed by atoms with Crippen molar-refractivity contribution in [3.8, 4) is 11.5 Å². The number of phenols is 1. The molecule has 4 rings (SSSR count). The summed E-state index contributed by atoms with van der Waals surface area (Å²) in [5.41, 5.74) is 3.36. The Labute approximate surface area is 193 Å². The lowest BCUT2D eigenvalue weighted by Crippen LogP contribution is -2.59. The van der Waals surface area contributed by atoms with Crippen LogP contribution in [0.4, 0.5) is 0 Å². The van der Waals surface area contributed by atoms with Crippen LogP contribution in [0.3, 0.4) is 0 Å². The molecule has 1 aliphatic heterocycles. The van der Waals surface area contributed by atoms with Crippen molar-refractivity contribution in [2.24, 2.45) is 11.8 Å². The summed E-state index contributed by atoms with van der Waals surface area (Å²) in [7, 11) is 4.08. The lowest BCUT2D eigenvalue weighted by atomic mass is 9.53. The van der Waals surface area contributed by atoms with E-state index in [0.717, 1.165) is 43.4 Å². The zero-order valence-corrected chi connectivity index (χ0v) is 20.3. The normalized spacial score (nSPS) is 30.7. The molecule has 0 radical (unpaired) electrons. The van der Waals surface area contributed by atoms with Gasteiger partial charge in [0, 0.05) is 24.1 Å². The van der Waals surface area contributed by atoms with Gasteiger partial charge in [-0.1, -0.05) is 50.2 Å². The van der Waals surface area contributed by atoms with Crippen LogP contribution in [0.5, 0.6) is 11.5 Å². The van der Waals surface area contributed by atoms with Gasteiger partial charge in [0.25, 0.3) is 0 Å². The number of aryl methyl sites for hydroxylation is 1. The predicted octanol–water partition coefficient (Wildman–Crippen LogP) is 5.56. The summed E-state index contributed by atoms with van der Waals surface area (Å²) in [5.74, 6) is 1.92. The summed E-state index contributed by atoms with van der Waals surface area (Å²) in [5, 5.41) is 11.7. The number of phenolic OH excluding ortho intramolecular Hbond substituents is 1. The van der Waals surface area contributed by atoms with Gasteiger partial charge in [-0.15, -0.1) is 0 Å². The zero-order chi connectivity index (χ0) is 22.9. The second-order valence-corrected chi connectivity index (χ2v) is 10.00. The van der Waals surface area contributed by atoms with Gasteiger partial charge in [-0.3, -0.25) is 0 Å². The number of fused-ring (bicyclic) bond motifs is 1. The molecule has 1 saturated carbocycles. The number of nitrogens with zero attached hydrogens (tertiary/aromatic N) is 1. The predicted molar refractivity (Wildman–Crippen MR) is 129 cm³/mol. The van der Waals surface area contributed by atoms with Crippen LogP contribution in [-0.4, -0.2) is 42.9 Å². The van der Waals surface area contributed by atoms with Gasteiger partial charge in [-0.25, -0.2) is 0 Å². The van der Waals surface area contributed by atoms with E-state index in [1.165, 1.54) is 5.56 Å².